The number of benzene rings is 1. The van der Waals surface area contributed by atoms with E-state index in [4.69, 9.17) is 10.5 Å². The molecule has 3 rings (SSSR count). The van der Waals surface area contributed by atoms with Crippen LogP contribution in [0.5, 0.6) is 5.88 Å². The van der Waals surface area contributed by atoms with E-state index in [-0.39, 0.29) is 6.04 Å². The molecule has 2 aromatic rings. The first-order chi connectivity index (χ1) is 9.79. The number of fused-ring (bicyclic) bond motifs is 1. The highest BCUT2D eigenvalue weighted by Crippen LogP contribution is 2.34. The summed E-state index contributed by atoms with van der Waals surface area (Å²) < 4.78 is 5.13. The molecule has 0 spiro atoms. The van der Waals surface area contributed by atoms with Crippen molar-refractivity contribution in [3.05, 3.63) is 41.7 Å². The lowest BCUT2D eigenvalue weighted by atomic mass is 9.88. The lowest BCUT2D eigenvalue weighted by Crippen LogP contribution is -2.19. The average molecular weight is 270 g/mol. The van der Waals surface area contributed by atoms with Crippen molar-refractivity contribution in [3.63, 3.8) is 0 Å². The molecule has 1 aromatic heterocycles. The molecular formula is C15H18N4O. The summed E-state index contributed by atoms with van der Waals surface area (Å²) in [5.74, 6) is 1.05. The summed E-state index contributed by atoms with van der Waals surface area (Å²) in [5.41, 5.74) is 9.20. The molecule has 0 saturated heterocycles. The van der Waals surface area contributed by atoms with Gasteiger partial charge in [-0.25, -0.2) is 4.98 Å². The summed E-state index contributed by atoms with van der Waals surface area (Å²) in [4.78, 5) is 8.22. The number of hydrogen-bond acceptors (Lipinski definition) is 5. The van der Waals surface area contributed by atoms with Gasteiger partial charge >= 0.3 is 0 Å². The Hall–Kier alpha value is -2.30. The zero-order valence-corrected chi connectivity index (χ0v) is 11.5. The molecule has 20 heavy (non-hydrogen) atoms. The van der Waals surface area contributed by atoms with E-state index in [2.05, 4.69) is 39.6 Å². The Morgan fingerprint density at radius 2 is 2.15 bits per heavy atom. The van der Waals surface area contributed by atoms with Crippen molar-refractivity contribution >= 4 is 11.5 Å². The molecule has 1 unspecified atom stereocenters. The molecule has 0 saturated carbocycles. The largest absolute Gasteiger partial charge is 0.479 e. The highest BCUT2D eigenvalue weighted by molar-refractivity contribution is 5.67. The van der Waals surface area contributed by atoms with Gasteiger partial charge in [0.2, 0.25) is 5.88 Å². The van der Waals surface area contributed by atoms with E-state index in [1.807, 2.05) is 0 Å². The molecule has 3 N–H and O–H groups in total. The van der Waals surface area contributed by atoms with Crippen LogP contribution in [0.4, 0.5) is 11.5 Å². The Labute approximate surface area is 118 Å². The van der Waals surface area contributed by atoms with Crippen LogP contribution < -0.4 is 15.8 Å². The first kappa shape index (κ1) is 12.7. The quantitative estimate of drug-likeness (QED) is 0.896. The van der Waals surface area contributed by atoms with Gasteiger partial charge in [-0.2, -0.15) is 4.98 Å². The molecule has 0 fully saturated rings. The number of nitrogens with one attached hydrogen (secondary N) is 1. The van der Waals surface area contributed by atoms with E-state index >= 15 is 0 Å². The lowest BCUT2D eigenvalue weighted by molar-refractivity contribution is 0.399. The standard InChI is InChI=1S/C15H18N4O/c1-20-15-13(16)14(17-9-18-15)19-12-8-4-6-10-5-2-3-7-11(10)12/h2-3,5,7,9,12H,4,6,8,16H2,1H3,(H,17,18,19). The number of nitrogens with two attached hydrogens (primary N) is 1. The van der Waals surface area contributed by atoms with Crippen LogP contribution in [0.2, 0.25) is 0 Å². The highest BCUT2D eigenvalue weighted by atomic mass is 16.5. The van der Waals surface area contributed by atoms with Crippen LogP contribution in [0.1, 0.15) is 30.0 Å². The van der Waals surface area contributed by atoms with Gasteiger partial charge in [0.05, 0.1) is 13.2 Å². The van der Waals surface area contributed by atoms with Crippen molar-refractivity contribution in [2.24, 2.45) is 0 Å². The van der Waals surface area contributed by atoms with E-state index in [0.717, 1.165) is 19.3 Å². The predicted molar refractivity (Wildman–Crippen MR) is 78.7 cm³/mol. The van der Waals surface area contributed by atoms with Gasteiger partial charge in [0.1, 0.15) is 12.0 Å². The summed E-state index contributed by atoms with van der Waals surface area (Å²) in [5, 5.41) is 3.42. The van der Waals surface area contributed by atoms with Gasteiger partial charge in [-0.15, -0.1) is 0 Å². The minimum Gasteiger partial charge on any atom is -0.479 e. The third kappa shape index (κ3) is 2.27. The van der Waals surface area contributed by atoms with E-state index in [1.165, 1.54) is 17.5 Å². The molecule has 1 aromatic carbocycles. The number of methoxy groups -OCH3 is 1. The Balaban J connectivity index is 1.90. The first-order valence-corrected chi connectivity index (χ1v) is 6.78. The number of nitrogens with zero attached hydrogens (tertiary/aromatic N) is 2. The van der Waals surface area contributed by atoms with E-state index in [1.54, 1.807) is 7.11 Å². The molecule has 1 atom stereocenters. The lowest BCUT2D eigenvalue weighted by Gasteiger charge is -2.27. The molecule has 0 amide bonds. The Kier molecular flexibility index (Phi) is 3.41. The predicted octanol–water partition coefficient (Wildman–Crippen LogP) is 2.56. The fraction of sp³-hybridized carbons (Fsp3) is 0.333. The van der Waals surface area contributed by atoms with Crippen LogP contribution in [0.3, 0.4) is 0 Å². The van der Waals surface area contributed by atoms with Crippen molar-refractivity contribution in [3.8, 4) is 5.88 Å². The van der Waals surface area contributed by atoms with Gasteiger partial charge < -0.3 is 15.8 Å². The number of anilines is 2. The molecule has 0 radical (unpaired) electrons. The van der Waals surface area contributed by atoms with E-state index in [0.29, 0.717) is 17.4 Å². The second-order valence-electron chi connectivity index (χ2n) is 4.93. The molecular weight excluding hydrogens is 252 g/mol. The summed E-state index contributed by atoms with van der Waals surface area (Å²) >= 11 is 0. The maximum atomic E-state index is 6.02. The van der Waals surface area contributed by atoms with Gasteiger partial charge in [-0.3, -0.25) is 0 Å². The maximum Gasteiger partial charge on any atom is 0.242 e. The third-order valence-electron chi connectivity index (χ3n) is 3.72. The van der Waals surface area contributed by atoms with Crippen molar-refractivity contribution in [1.29, 1.82) is 0 Å². The minimum atomic E-state index is 0.238. The summed E-state index contributed by atoms with van der Waals surface area (Å²) in [7, 11) is 1.55. The SMILES string of the molecule is COc1ncnc(NC2CCCc3ccccc32)c1N. The van der Waals surface area contributed by atoms with Gasteiger partial charge in [0.25, 0.3) is 0 Å². The van der Waals surface area contributed by atoms with E-state index in [9.17, 15) is 0 Å². The number of rotatable bonds is 3. The number of aryl methyl sites for hydroxylation is 1. The van der Waals surface area contributed by atoms with Crippen LogP contribution in [0.25, 0.3) is 0 Å². The minimum absolute atomic E-state index is 0.238. The van der Waals surface area contributed by atoms with Crippen LogP contribution in [0, 0.1) is 0 Å². The molecule has 5 heteroatoms. The van der Waals surface area contributed by atoms with E-state index < -0.39 is 0 Å². The Bertz CT molecular complexity index is 615. The summed E-state index contributed by atoms with van der Waals surface area (Å²) in [6, 6.07) is 8.75. The third-order valence-corrected chi connectivity index (χ3v) is 3.72. The Morgan fingerprint density at radius 1 is 1.30 bits per heavy atom. The first-order valence-electron chi connectivity index (χ1n) is 6.78. The molecule has 1 aliphatic rings. The zero-order valence-electron chi connectivity index (χ0n) is 11.5. The Morgan fingerprint density at radius 3 is 3.00 bits per heavy atom. The molecule has 5 nitrogen and oxygen atoms in total. The average Bonchev–Trinajstić information content (AvgIpc) is 2.50. The highest BCUT2D eigenvalue weighted by Gasteiger charge is 2.21. The molecule has 1 heterocycles. The number of aromatic nitrogens is 2. The number of hydrogen-bond donors (Lipinski definition) is 2. The molecule has 104 valence electrons. The van der Waals surface area contributed by atoms with Crippen molar-refractivity contribution < 1.29 is 4.74 Å². The van der Waals surface area contributed by atoms with Crippen molar-refractivity contribution in [2.75, 3.05) is 18.2 Å². The monoisotopic (exact) mass is 270 g/mol. The fourth-order valence-electron chi connectivity index (χ4n) is 2.73. The molecule has 0 bridgehead atoms. The van der Waals surface area contributed by atoms with Crippen LogP contribution in [-0.2, 0) is 6.42 Å². The van der Waals surface area contributed by atoms with Gasteiger partial charge in [-0.05, 0) is 30.4 Å². The van der Waals surface area contributed by atoms with Gasteiger partial charge in [0, 0.05) is 0 Å². The number of ether oxygens (including phenoxy) is 1. The summed E-state index contributed by atoms with van der Waals surface area (Å²) in [6.45, 7) is 0. The van der Waals surface area contributed by atoms with Gasteiger partial charge in [-0.1, -0.05) is 24.3 Å². The maximum absolute atomic E-state index is 6.02. The van der Waals surface area contributed by atoms with Gasteiger partial charge in [0.15, 0.2) is 5.82 Å². The zero-order chi connectivity index (χ0) is 13.9. The van der Waals surface area contributed by atoms with Crippen LogP contribution in [0.15, 0.2) is 30.6 Å². The molecule has 0 aliphatic heterocycles. The second-order valence-corrected chi connectivity index (χ2v) is 4.93. The normalized spacial score (nSPS) is 17.4. The smallest absolute Gasteiger partial charge is 0.242 e. The van der Waals surface area contributed by atoms with Crippen molar-refractivity contribution in [1.82, 2.24) is 9.97 Å². The summed E-state index contributed by atoms with van der Waals surface area (Å²) in [6.07, 6.45) is 4.84. The van der Waals surface area contributed by atoms with Crippen LogP contribution in [-0.4, -0.2) is 17.1 Å². The van der Waals surface area contributed by atoms with Crippen molar-refractivity contribution in [2.45, 2.75) is 25.3 Å². The number of nitrogen functional groups attached to an aromatic ring is 1. The topological polar surface area (TPSA) is 73.1 Å². The second kappa shape index (κ2) is 5.36. The fourth-order valence-corrected chi connectivity index (χ4v) is 2.73. The molecule has 1 aliphatic carbocycles. The van der Waals surface area contributed by atoms with Crippen LogP contribution >= 0.6 is 0 Å².